The highest BCUT2D eigenvalue weighted by molar-refractivity contribution is 7.07. The number of methoxy groups -OCH3 is 1. The molecule has 1 aliphatic heterocycles. The highest BCUT2D eigenvalue weighted by atomic mass is 35.5. The number of hydrogen-bond acceptors (Lipinski definition) is 7. The van der Waals surface area contributed by atoms with Crippen molar-refractivity contribution in [3.8, 4) is 11.5 Å². The summed E-state index contributed by atoms with van der Waals surface area (Å²) < 4.78 is 19.4. The number of allylic oxidation sites excluding steroid dienone is 2. The molecule has 232 valence electrons. The molecule has 0 N–H and O–H groups in total. The van der Waals surface area contributed by atoms with Crippen LogP contribution in [0.5, 0.6) is 11.5 Å². The van der Waals surface area contributed by atoms with Crippen molar-refractivity contribution in [3.63, 3.8) is 0 Å². The van der Waals surface area contributed by atoms with Crippen LogP contribution in [-0.2, 0) is 22.6 Å². The maximum atomic E-state index is 14.1. The van der Waals surface area contributed by atoms with E-state index in [2.05, 4.69) is 11.6 Å². The third-order valence-electron chi connectivity index (χ3n) is 7.31. The van der Waals surface area contributed by atoms with E-state index in [9.17, 15) is 9.59 Å². The Bertz CT molecular complexity index is 1990. The Labute approximate surface area is 275 Å². The fraction of sp³-hybridized carbons (Fsp3) is 0.229. The molecule has 4 aromatic rings. The number of carbonyl (C=O) groups excluding carboxylic acids is 1. The molecule has 3 aromatic carbocycles. The number of rotatable bonds is 10. The van der Waals surface area contributed by atoms with Crippen LogP contribution in [0.3, 0.4) is 0 Å². The molecule has 2 heterocycles. The second-order valence-corrected chi connectivity index (χ2v) is 12.3. The van der Waals surface area contributed by atoms with Crippen LogP contribution in [0.2, 0.25) is 10.0 Å². The van der Waals surface area contributed by atoms with E-state index in [1.54, 1.807) is 49.8 Å². The lowest BCUT2D eigenvalue weighted by molar-refractivity contribution is -0.139. The molecule has 1 atom stereocenters. The number of ether oxygens (including phenoxy) is 3. The number of aromatic nitrogens is 1. The van der Waals surface area contributed by atoms with E-state index < -0.39 is 12.0 Å². The third-order valence-corrected chi connectivity index (χ3v) is 9.04. The normalized spacial score (nSPS) is 14.5. The van der Waals surface area contributed by atoms with Gasteiger partial charge in [0.15, 0.2) is 16.3 Å². The van der Waals surface area contributed by atoms with E-state index in [1.165, 1.54) is 11.3 Å². The minimum atomic E-state index is -0.675. The van der Waals surface area contributed by atoms with E-state index in [4.69, 9.17) is 37.4 Å². The number of aryl methyl sites for hydroxylation is 1. The number of nitrogens with zero attached hydrogens (tertiary/aromatic N) is 2. The lowest BCUT2D eigenvalue weighted by Crippen LogP contribution is -2.39. The van der Waals surface area contributed by atoms with Crippen LogP contribution in [0, 0.1) is 6.92 Å². The fourth-order valence-electron chi connectivity index (χ4n) is 5.18. The monoisotopic (exact) mass is 662 g/mol. The van der Waals surface area contributed by atoms with Crippen LogP contribution in [0.1, 0.15) is 47.7 Å². The first-order valence-electron chi connectivity index (χ1n) is 14.3. The van der Waals surface area contributed by atoms with Gasteiger partial charge >= 0.3 is 5.97 Å². The Hall–Kier alpha value is -4.11. The Kier molecular flexibility index (Phi) is 9.97. The van der Waals surface area contributed by atoms with Crippen molar-refractivity contribution in [2.45, 2.75) is 39.8 Å². The summed E-state index contributed by atoms with van der Waals surface area (Å²) in [6.07, 6.45) is 4.09. The van der Waals surface area contributed by atoms with E-state index in [1.807, 2.05) is 49.4 Å². The van der Waals surface area contributed by atoms with Crippen molar-refractivity contribution in [3.05, 3.63) is 136 Å². The molecule has 0 amide bonds. The summed E-state index contributed by atoms with van der Waals surface area (Å²) in [5.74, 6) is 0.580. The quantitative estimate of drug-likeness (QED) is 0.139. The van der Waals surface area contributed by atoms with Crippen molar-refractivity contribution in [2.24, 2.45) is 4.99 Å². The van der Waals surface area contributed by atoms with Gasteiger partial charge in [-0.25, -0.2) is 9.79 Å². The molecular formula is C35H32Cl2N2O5S. The smallest absolute Gasteiger partial charge is 0.338 e. The molecule has 45 heavy (non-hydrogen) atoms. The topological polar surface area (TPSA) is 79.1 Å². The third kappa shape index (κ3) is 6.78. The summed E-state index contributed by atoms with van der Waals surface area (Å²) in [5, 5.41) is 0.916. The SMILES string of the molecule is C=CCc1cc(/C=c2/sc3n(c2=O)[C@@H](c2ccc(C)cc2)C(C(=O)OCC)=C(C)N=3)cc(OC)c1OCc1ccc(Cl)c(Cl)c1. The molecule has 10 heteroatoms. The highest BCUT2D eigenvalue weighted by Crippen LogP contribution is 2.35. The lowest BCUT2D eigenvalue weighted by Gasteiger charge is -2.24. The molecular weight excluding hydrogens is 631 g/mol. The average Bonchev–Trinajstić information content (AvgIpc) is 3.31. The Morgan fingerprint density at radius 2 is 1.84 bits per heavy atom. The van der Waals surface area contributed by atoms with Gasteiger partial charge in [0.05, 0.1) is 45.6 Å². The first kappa shape index (κ1) is 32.3. The minimum Gasteiger partial charge on any atom is -0.493 e. The molecule has 1 aliphatic rings. The molecule has 0 fully saturated rings. The molecule has 0 spiro atoms. The average molecular weight is 664 g/mol. The van der Waals surface area contributed by atoms with Crippen LogP contribution in [0.25, 0.3) is 6.08 Å². The highest BCUT2D eigenvalue weighted by Gasteiger charge is 2.33. The molecule has 0 aliphatic carbocycles. The minimum absolute atomic E-state index is 0.211. The molecule has 0 unspecified atom stereocenters. The van der Waals surface area contributed by atoms with Crippen molar-refractivity contribution in [2.75, 3.05) is 13.7 Å². The van der Waals surface area contributed by atoms with Gasteiger partial charge in [-0.05, 0) is 74.2 Å². The van der Waals surface area contributed by atoms with Crippen molar-refractivity contribution >= 4 is 46.6 Å². The Morgan fingerprint density at radius 1 is 1.09 bits per heavy atom. The zero-order chi connectivity index (χ0) is 32.2. The number of carbonyl (C=O) groups is 1. The van der Waals surface area contributed by atoms with Gasteiger partial charge in [-0.2, -0.15) is 0 Å². The van der Waals surface area contributed by atoms with Crippen LogP contribution in [0.15, 0.2) is 88.3 Å². The Balaban J connectivity index is 1.60. The van der Waals surface area contributed by atoms with Crippen LogP contribution >= 0.6 is 34.5 Å². The second kappa shape index (κ2) is 13.9. The number of thiazole rings is 1. The van der Waals surface area contributed by atoms with Gasteiger partial charge in [-0.15, -0.1) is 6.58 Å². The van der Waals surface area contributed by atoms with E-state index >= 15 is 0 Å². The largest absolute Gasteiger partial charge is 0.493 e. The maximum Gasteiger partial charge on any atom is 0.338 e. The molecule has 5 rings (SSSR count). The van der Waals surface area contributed by atoms with Crippen LogP contribution in [-0.4, -0.2) is 24.3 Å². The lowest BCUT2D eigenvalue weighted by atomic mass is 9.95. The van der Waals surface area contributed by atoms with Gasteiger partial charge in [-0.3, -0.25) is 9.36 Å². The molecule has 0 saturated heterocycles. The number of halogens is 2. The summed E-state index contributed by atoms with van der Waals surface area (Å²) in [5.41, 5.74) is 4.89. The summed E-state index contributed by atoms with van der Waals surface area (Å²) in [6, 6.07) is 16.2. The number of esters is 1. The van der Waals surface area contributed by atoms with Crippen molar-refractivity contribution in [1.29, 1.82) is 0 Å². The van der Waals surface area contributed by atoms with Crippen molar-refractivity contribution < 1.29 is 19.0 Å². The second-order valence-electron chi connectivity index (χ2n) is 10.5. The van der Waals surface area contributed by atoms with Gasteiger partial charge in [0.1, 0.15) is 6.61 Å². The molecule has 0 saturated carbocycles. The summed E-state index contributed by atoms with van der Waals surface area (Å²) in [6.45, 7) is 9.87. The molecule has 0 radical (unpaired) electrons. The predicted octanol–water partition coefficient (Wildman–Crippen LogP) is 6.73. The first-order chi connectivity index (χ1) is 21.6. The van der Waals surface area contributed by atoms with E-state index in [0.29, 0.717) is 48.6 Å². The summed E-state index contributed by atoms with van der Waals surface area (Å²) >= 11 is 13.5. The predicted molar refractivity (Wildman–Crippen MR) is 179 cm³/mol. The van der Waals surface area contributed by atoms with E-state index in [-0.39, 0.29) is 18.8 Å². The fourth-order valence-corrected chi connectivity index (χ4v) is 6.55. The van der Waals surface area contributed by atoms with Gasteiger partial charge in [0.2, 0.25) is 0 Å². The zero-order valence-corrected chi connectivity index (χ0v) is 27.7. The summed E-state index contributed by atoms with van der Waals surface area (Å²) in [4.78, 5) is 32.4. The van der Waals surface area contributed by atoms with Crippen LogP contribution < -0.4 is 24.4 Å². The number of benzene rings is 3. The zero-order valence-electron chi connectivity index (χ0n) is 25.4. The number of hydrogen-bond donors (Lipinski definition) is 0. The van der Waals surface area contributed by atoms with E-state index in [0.717, 1.165) is 27.8 Å². The van der Waals surface area contributed by atoms with Gasteiger partial charge in [0.25, 0.3) is 5.56 Å². The summed E-state index contributed by atoms with van der Waals surface area (Å²) in [7, 11) is 1.57. The van der Waals surface area contributed by atoms with Gasteiger partial charge in [-0.1, -0.05) is 76.5 Å². The van der Waals surface area contributed by atoms with Crippen molar-refractivity contribution in [1.82, 2.24) is 4.57 Å². The van der Waals surface area contributed by atoms with Gasteiger partial charge in [0, 0.05) is 5.56 Å². The first-order valence-corrected chi connectivity index (χ1v) is 15.9. The molecule has 0 bridgehead atoms. The van der Waals surface area contributed by atoms with Gasteiger partial charge < -0.3 is 14.2 Å². The molecule has 7 nitrogen and oxygen atoms in total. The Morgan fingerprint density at radius 3 is 2.51 bits per heavy atom. The standard InChI is InChI=1S/C35H32Cl2N2O5S/c1-6-8-25-15-23(17-28(42-5)32(25)44-19-22-11-14-26(36)27(37)16-22)18-29-33(40)39-31(24-12-9-20(3)10-13-24)30(34(41)43-7-2)21(4)38-35(39)45-29/h6,9-18,31H,1,7-8,19H2,2-5H3/b29-18+/t31-/m0/s1. The molecule has 1 aromatic heterocycles. The number of fused-ring (bicyclic) bond motifs is 1. The maximum absolute atomic E-state index is 14.1. The van der Waals surface area contributed by atoms with Crippen LogP contribution in [0.4, 0.5) is 0 Å².